The van der Waals surface area contributed by atoms with E-state index in [1.807, 2.05) is 13.0 Å². The summed E-state index contributed by atoms with van der Waals surface area (Å²) in [6, 6.07) is 5.23. The topological polar surface area (TPSA) is 57.9 Å². The van der Waals surface area contributed by atoms with Crippen molar-refractivity contribution in [2.75, 3.05) is 20.8 Å². The molecule has 0 aliphatic heterocycles. The molecule has 0 amide bonds. The predicted octanol–water partition coefficient (Wildman–Crippen LogP) is 4.88. The molecule has 0 spiro atoms. The van der Waals surface area contributed by atoms with Crippen molar-refractivity contribution in [1.82, 2.24) is 0 Å². The second-order valence-electron chi connectivity index (χ2n) is 6.27. The highest BCUT2D eigenvalue weighted by Crippen LogP contribution is 2.38. The summed E-state index contributed by atoms with van der Waals surface area (Å²) in [7, 11) is 3.05. The minimum absolute atomic E-state index is 0.0536. The summed E-state index contributed by atoms with van der Waals surface area (Å²) in [5.74, 6) is 0.934. The van der Waals surface area contributed by atoms with Crippen LogP contribution in [-0.2, 0) is 0 Å². The highest BCUT2D eigenvalue weighted by atomic mass is 16.5. The second-order valence-corrected chi connectivity index (χ2v) is 6.27. The molecule has 0 radical (unpaired) electrons. The molecule has 26 heavy (non-hydrogen) atoms. The molecule has 0 unspecified atom stereocenters. The van der Waals surface area contributed by atoms with E-state index < -0.39 is 5.63 Å². The first-order chi connectivity index (χ1) is 12.5. The van der Waals surface area contributed by atoms with E-state index in [0.717, 1.165) is 12.8 Å². The lowest BCUT2D eigenvalue weighted by atomic mass is 10.1. The summed E-state index contributed by atoms with van der Waals surface area (Å²) in [6.45, 7) is 6.48. The molecule has 2 rings (SSSR count). The van der Waals surface area contributed by atoms with Crippen molar-refractivity contribution in [2.24, 2.45) is 0 Å². The molecule has 2 aromatic rings. The third kappa shape index (κ3) is 4.69. The number of rotatable bonds is 8. The Bertz CT molecular complexity index is 870. The van der Waals surface area contributed by atoms with E-state index in [2.05, 4.69) is 19.9 Å². The van der Waals surface area contributed by atoms with E-state index in [9.17, 15) is 4.79 Å². The van der Waals surface area contributed by atoms with Gasteiger partial charge in [0.05, 0.1) is 14.2 Å². The van der Waals surface area contributed by atoms with Crippen LogP contribution in [0.15, 0.2) is 50.7 Å². The first kappa shape index (κ1) is 19.6. The van der Waals surface area contributed by atoms with Gasteiger partial charge in [-0.15, -0.1) is 0 Å². The van der Waals surface area contributed by atoms with Gasteiger partial charge in [0.25, 0.3) is 0 Å². The average molecular weight is 358 g/mol. The van der Waals surface area contributed by atoms with E-state index in [-0.39, 0.29) is 12.4 Å². The molecule has 140 valence electrons. The minimum Gasteiger partial charge on any atom is -0.496 e. The van der Waals surface area contributed by atoms with Crippen LogP contribution in [0, 0.1) is 0 Å². The molecule has 0 saturated heterocycles. The van der Waals surface area contributed by atoms with Gasteiger partial charge in [-0.05, 0) is 51.8 Å². The lowest BCUT2D eigenvalue weighted by Gasteiger charge is -2.12. The fourth-order valence-electron chi connectivity index (χ4n) is 2.62. The zero-order valence-corrected chi connectivity index (χ0v) is 16.0. The fourth-order valence-corrected chi connectivity index (χ4v) is 2.62. The second kappa shape index (κ2) is 9.13. The Morgan fingerprint density at radius 2 is 1.85 bits per heavy atom. The Morgan fingerprint density at radius 3 is 2.50 bits per heavy atom. The van der Waals surface area contributed by atoms with Crippen LogP contribution in [0.25, 0.3) is 11.0 Å². The van der Waals surface area contributed by atoms with Crippen LogP contribution in [0.5, 0.6) is 17.2 Å². The molecule has 0 bridgehead atoms. The number of methoxy groups -OCH3 is 2. The van der Waals surface area contributed by atoms with Gasteiger partial charge in [0.1, 0.15) is 23.3 Å². The summed E-state index contributed by atoms with van der Waals surface area (Å²) < 4.78 is 21.8. The van der Waals surface area contributed by atoms with Crippen molar-refractivity contribution >= 4 is 11.0 Å². The first-order valence-electron chi connectivity index (χ1n) is 8.57. The van der Waals surface area contributed by atoms with Crippen molar-refractivity contribution in [3.8, 4) is 17.2 Å². The van der Waals surface area contributed by atoms with E-state index in [1.54, 1.807) is 25.3 Å². The van der Waals surface area contributed by atoms with Gasteiger partial charge in [0.2, 0.25) is 5.75 Å². The molecule has 0 aliphatic rings. The largest absolute Gasteiger partial charge is 0.496 e. The lowest BCUT2D eigenvalue weighted by Crippen LogP contribution is -2.10. The molecule has 1 aromatic carbocycles. The van der Waals surface area contributed by atoms with Gasteiger partial charge >= 0.3 is 5.63 Å². The van der Waals surface area contributed by atoms with Crippen molar-refractivity contribution in [3.05, 3.63) is 51.9 Å². The highest BCUT2D eigenvalue weighted by molar-refractivity contribution is 5.91. The summed E-state index contributed by atoms with van der Waals surface area (Å²) in [4.78, 5) is 12.3. The molecule has 1 heterocycles. The standard InChI is InChI=1S/C21H26O5/c1-14(2)8-6-9-15(3)12-13-25-20-19(24-5)18-16(23-4)10-7-11-17(18)26-21(20)22/h7-8,10-12H,6,9,13H2,1-5H3/b15-12+. The van der Waals surface area contributed by atoms with E-state index >= 15 is 0 Å². The fraction of sp³-hybridized carbons (Fsp3) is 0.381. The third-order valence-electron chi connectivity index (χ3n) is 3.98. The summed E-state index contributed by atoms with van der Waals surface area (Å²) >= 11 is 0. The molecule has 0 N–H and O–H groups in total. The highest BCUT2D eigenvalue weighted by Gasteiger charge is 2.19. The van der Waals surface area contributed by atoms with Crippen LogP contribution in [0.3, 0.4) is 0 Å². The van der Waals surface area contributed by atoms with Gasteiger partial charge in [-0.3, -0.25) is 0 Å². The van der Waals surface area contributed by atoms with Crippen molar-refractivity contribution < 1.29 is 18.6 Å². The van der Waals surface area contributed by atoms with E-state index in [1.165, 1.54) is 18.3 Å². The summed E-state index contributed by atoms with van der Waals surface area (Å²) in [5.41, 5.74) is 2.33. The van der Waals surface area contributed by atoms with Gasteiger partial charge in [0.15, 0.2) is 5.75 Å². The van der Waals surface area contributed by atoms with Crippen molar-refractivity contribution in [2.45, 2.75) is 33.6 Å². The smallest absolute Gasteiger partial charge is 0.383 e. The third-order valence-corrected chi connectivity index (χ3v) is 3.98. The minimum atomic E-state index is -0.571. The maximum Gasteiger partial charge on any atom is 0.383 e. The Kier molecular flexibility index (Phi) is 6.89. The normalized spacial score (nSPS) is 11.3. The zero-order chi connectivity index (χ0) is 19.1. The predicted molar refractivity (Wildman–Crippen MR) is 104 cm³/mol. The van der Waals surface area contributed by atoms with Gasteiger partial charge in [-0.1, -0.05) is 23.3 Å². The maximum atomic E-state index is 12.3. The molecule has 0 saturated carbocycles. The molecular formula is C21H26O5. The Hall–Kier alpha value is -2.69. The maximum absolute atomic E-state index is 12.3. The number of allylic oxidation sites excluding steroid dienone is 3. The Labute approximate surface area is 153 Å². The molecule has 5 heteroatoms. The number of hydrogen-bond donors (Lipinski definition) is 0. The van der Waals surface area contributed by atoms with Gasteiger partial charge in [-0.25, -0.2) is 4.79 Å². The average Bonchev–Trinajstić information content (AvgIpc) is 2.61. The summed E-state index contributed by atoms with van der Waals surface area (Å²) in [6.07, 6.45) is 6.10. The van der Waals surface area contributed by atoms with Crippen LogP contribution >= 0.6 is 0 Å². The van der Waals surface area contributed by atoms with Crippen LogP contribution < -0.4 is 19.8 Å². The van der Waals surface area contributed by atoms with Gasteiger partial charge in [0, 0.05) is 0 Å². The molecule has 1 aromatic heterocycles. The molecule has 0 fully saturated rings. The number of hydrogen-bond acceptors (Lipinski definition) is 5. The van der Waals surface area contributed by atoms with Gasteiger partial charge < -0.3 is 18.6 Å². The van der Waals surface area contributed by atoms with E-state index in [0.29, 0.717) is 22.5 Å². The number of ether oxygens (including phenoxy) is 3. The first-order valence-corrected chi connectivity index (χ1v) is 8.57. The molecule has 0 aliphatic carbocycles. The van der Waals surface area contributed by atoms with Crippen LogP contribution in [-0.4, -0.2) is 20.8 Å². The van der Waals surface area contributed by atoms with Crippen LogP contribution in [0.4, 0.5) is 0 Å². The van der Waals surface area contributed by atoms with Crippen LogP contribution in [0.1, 0.15) is 33.6 Å². The monoisotopic (exact) mass is 358 g/mol. The number of benzene rings is 1. The molecular weight excluding hydrogens is 332 g/mol. The van der Waals surface area contributed by atoms with Crippen molar-refractivity contribution in [3.63, 3.8) is 0 Å². The summed E-state index contributed by atoms with van der Waals surface area (Å²) in [5, 5.41) is 0.580. The van der Waals surface area contributed by atoms with E-state index in [4.69, 9.17) is 18.6 Å². The number of fused-ring (bicyclic) bond motifs is 1. The molecule has 5 nitrogen and oxygen atoms in total. The quantitative estimate of drug-likeness (QED) is 0.497. The Balaban J connectivity index is 2.25. The SMILES string of the molecule is COc1cccc2oc(=O)c(OC/C=C(\C)CCC=C(C)C)c(OC)c12. The molecule has 0 atom stereocenters. The van der Waals surface area contributed by atoms with Crippen LogP contribution in [0.2, 0.25) is 0 Å². The van der Waals surface area contributed by atoms with Gasteiger partial charge in [-0.2, -0.15) is 0 Å². The van der Waals surface area contributed by atoms with Crippen molar-refractivity contribution in [1.29, 1.82) is 0 Å². The zero-order valence-electron chi connectivity index (χ0n) is 16.0. The lowest BCUT2D eigenvalue weighted by molar-refractivity contribution is 0.308. The Morgan fingerprint density at radius 1 is 1.08 bits per heavy atom.